The van der Waals surface area contributed by atoms with Crippen LogP contribution in [0, 0.1) is 13.8 Å². The molecule has 2 rings (SSSR count). The average molecular weight is 231 g/mol. The first-order valence-corrected chi connectivity index (χ1v) is 5.75. The molecule has 90 valence electrons. The maximum atomic E-state index is 10.3. The maximum absolute atomic E-state index is 10.3. The van der Waals surface area contributed by atoms with Crippen molar-refractivity contribution in [3.05, 3.63) is 47.0 Å². The molecular formula is C13H17N3O. The molecule has 0 spiro atoms. The largest absolute Gasteiger partial charge is 0.384 e. The summed E-state index contributed by atoms with van der Waals surface area (Å²) < 4.78 is 1.81. The predicted molar refractivity (Wildman–Crippen MR) is 65.7 cm³/mol. The van der Waals surface area contributed by atoms with E-state index in [1.54, 1.807) is 10.9 Å². The SMILES string of the molecule is CCn1cc(C(O)c2cc(C)nc(C)c2)cn1. The van der Waals surface area contributed by atoms with E-state index in [0.717, 1.165) is 29.1 Å². The quantitative estimate of drug-likeness (QED) is 0.879. The fraction of sp³-hybridized carbons (Fsp3) is 0.385. The van der Waals surface area contributed by atoms with Crippen LogP contribution < -0.4 is 0 Å². The molecule has 17 heavy (non-hydrogen) atoms. The lowest BCUT2D eigenvalue weighted by Crippen LogP contribution is -2.01. The fourth-order valence-corrected chi connectivity index (χ4v) is 1.91. The number of rotatable bonds is 3. The molecule has 0 fully saturated rings. The molecule has 2 aromatic heterocycles. The van der Waals surface area contributed by atoms with Crippen LogP contribution in [0.2, 0.25) is 0 Å². The van der Waals surface area contributed by atoms with Gasteiger partial charge in [-0.1, -0.05) is 0 Å². The third kappa shape index (κ3) is 2.53. The first-order chi connectivity index (χ1) is 8.10. The first kappa shape index (κ1) is 11.8. The molecule has 0 saturated heterocycles. The summed E-state index contributed by atoms with van der Waals surface area (Å²) in [7, 11) is 0. The predicted octanol–water partition coefficient (Wildman–Crippen LogP) is 2.00. The highest BCUT2D eigenvalue weighted by Crippen LogP contribution is 2.22. The molecule has 1 unspecified atom stereocenters. The highest BCUT2D eigenvalue weighted by Gasteiger charge is 2.13. The van der Waals surface area contributed by atoms with Gasteiger partial charge in [-0.3, -0.25) is 9.67 Å². The first-order valence-electron chi connectivity index (χ1n) is 5.75. The molecule has 4 heteroatoms. The Bertz CT molecular complexity index is 499. The lowest BCUT2D eigenvalue weighted by atomic mass is 10.0. The van der Waals surface area contributed by atoms with E-state index in [2.05, 4.69) is 10.1 Å². The van der Waals surface area contributed by atoms with E-state index in [9.17, 15) is 5.11 Å². The highest BCUT2D eigenvalue weighted by molar-refractivity contribution is 5.29. The molecule has 0 bridgehead atoms. The molecule has 1 N–H and O–H groups in total. The molecule has 0 saturated carbocycles. The molecule has 0 aromatic carbocycles. The van der Waals surface area contributed by atoms with Gasteiger partial charge >= 0.3 is 0 Å². The Labute approximate surface area is 101 Å². The van der Waals surface area contributed by atoms with Crippen LogP contribution in [0.15, 0.2) is 24.5 Å². The summed E-state index contributed by atoms with van der Waals surface area (Å²) in [5, 5.41) is 14.4. The molecule has 0 amide bonds. The van der Waals surface area contributed by atoms with Crippen LogP contribution in [-0.2, 0) is 6.54 Å². The zero-order valence-electron chi connectivity index (χ0n) is 10.4. The van der Waals surface area contributed by atoms with Gasteiger partial charge in [-0.25, -0.2) is 0 Å². The number of hydrogen-bond donors (Lipinski definition) is 1. The van der Waals surface area contributed by atoms with Crippen LogP contribution in [0.4, 0.5) is 0 Å². The maximum Gasteiger partial charge on any atom is 0.107 e. The Morgan fingerprint density at radius 1 is 1.24 bits per heavy atom. The van der Waals surface area contributed by atoms with E-state index >= 15 is 0 Å². The Hall–Kier alpha value is -1.68. The van der Waals surface area contributed by atoms with Gasteiger partial charge in [0.1, 0.15) is 6.10 Å². The summed E-state index contributed by atoms with van der Waals surface area (Å²) in [6, 6.07) is 3.81. The molecule has 4 nitrogen and oxygen atoms in total. The second-order valence-corrected chi connectivity index (χ2v) is 4.22. The molecule has 1 atom stereocenters. The van der Waals surface area contributed by atoms with Crippen LogP contribution in [0.25, 0.3) is 0 Å². The zero-order valence-corrected chi connectivity index (χ0v) is 10.4. The minimum atomic E-state index is -0.629. The highest BCUT2D eigenvalue weighted by atomic mass is 16.3. The summed E-state index contributed by atoms with van der Waals surface area (Å²) in [6.45, 7) is 6.68. The summed E-state index contributed by atoms with van der Waals surface area (Å²) in [6.07, 6.45) is 2.95. The van der Waals surface area contributed by atoms with Gasteiger partial charge < -0.3 is 5.11 Å². The fourth-order valence-electron chi connectivity index (χ4n) is 1.91. The van der Waals surface area contributed by atoms with Gasteiger partial charge in [0.05, 0.1) is 6.20 Å². The minimum Gasteiger partial charge on any atom is -0.384 e. The van der Waals surface area contributed by atoms with Gasteiger partial charge in [-0.2, -0.15) is 5.10 Å². The summed E-state index contributed by atoms with van der Waals surface area (Å²) in [5.41, 5.74) is 3.52. The molecular weight excluding hydrogens is 214 g/mol. The Morgan fingerprint density at radius 2 is 1.88 bits per heavy atom. The minimum absolute atomic E-state index is 0.629. The van der Waals surface area contributed by atoms with E-state index in [0.29, 0.717) is 0 Å². The van der Waals surface area contributed by atoms with Gasteiger partial charge in [0, 0.05) is 29.7 Å². The van der Waals surface area contributed by atoms with Crippen molar-refractivity contribution < 1.29 is 5.11 Å². The average Bonchev–Trinajstić information content (AvgIpc) is 2.75. The standard InChI is InChI=1S/C13H17N3O/c1-4-16-8-12(7-14-16)13(17)11-5-9(2)15-10(3)6-11/h5-8,13,17H,4H2,1-3H3. The van der Waals surface area contributed by atoms with E-state index in [1.165, 1.54) is 0 Å². The van der Waals surface area contributed by atoms with Crippen LogP contribution in [0.3, 0.4) is 0 Å². The Kier molecular flexibility index (Phi) is 3.24. The van der Waals surface area contributed by atoms with Crippen molar-refractivity contribution in [1.29, 1.82) is 0 Å². The van der Waals surface area contributed by atoms with E-state index < -0.39 is 6.10 Å². The number of aliphatic hydroxyl groups excluding tert-OH is 1. The lowest BCUT2D eigenvalue weighted by Gasteiger charge is -2.10. The van der Waals surface area contributed by atoms with Gasteiger partial charge in [0.2, 0.25) is 0 Å². The molecule has 0 aliphatic rings. The van der Waals surface area contributed by atoms with Crippen molar-refractivity contribution in [3.63, 3.8) is 0 Å². The second-order valence-electron chi connectivity index (χ2n) is 4.22. The van der Waals surface area contributed by atoms with Crippen molar-refractivity contribution in [2.24, 2.45) is 0 Å². The second kappa shape index (κ2) is 4.67. The monoisotopic (exact) mass is 231 g/mol. The zero-order chi connectivity index (χ0) is 12.4. The van der Waals surface area contributed by atoms with E-state index in [4.69, 9.17) is 0 Å². The van der Waals surface area contributed by atoms with Crippen molar-refractivity contribution in [2.75, 3.05) is 0 Å². The van der Waals surface area contributed by atoms with Crippen LogP contribution in [0.1, 0.15) is 35.5 Å². The van der Waals surface area contributed by atoms with E-state index in [1.807, 2.05) is 39.1 Å². The normalized spacial score (nSPS) is 12.7. The van der Waals surface area contributed by atoms with Crippen LogP contribution in [-0.4, -0.2) is 19.9 Å². The molecule has 0 aliphatic heterocycles. The summed E-state index contributed by atoms with van der Waals surface area (Å²) in [4.78, 5) is 4.30. The number of aromatic nitrogens is 3. The third-order valence-corrected chi connectivity index (χ3v) is 2.71. The summed E-state index contributed by atoms with van der Waals surface area (Å²) in [5.74, 6) is 0. The third-order valence-electron chi connectivity index (χ3n) is 2.71. The molecule has 0 aliphatic carbocycles. The Balaban J connectivity index is 2.32. The Morgan fingerprint density at radius 3 is 2.41 bits per heavy atom. The summed E-state index contributed by atoms with van der Waals surface area (Å²) >= 11 is 0. The van der Waals surface area contributed by atoms with Gasteiger partial charge in [-0.05, 0) is 38.5 Å². The van der Waals surface area contributed by atoms with Crippen LogP contribution >= 0.6 is 0 Å². The van der Waals surface area contributed by atoms with Crippen molar-refractivity contribution >= 4 is 0 Å². The lowest BCUT2D eigenvalue weighted by molar-refractivity contribution is 0.220. The van der Waals surface area contributed by atoms with Crippen molar-refractivity contribution in [3.8, 4) is 0 Å². The smallest absolute Gasteiger partial charge is 0.107 e. The van der Waals surface area contributed by atoms with Crippen molar-refractivity contribution in [2.45, 2.75) is 33.4 Å². The van der Waals surface area contributed by atoms with Crippen LogP contribution in [0.5, 0.6) is 0 Å². The number of hydrogen-bond acceptors (Lipinski definition) is 3. The molecule has 2 heterocycles. The van der Waals surface area contributed by atoms with E-state index in [-0.39, 0.29) is 0 Å². The van der Waals surface area contributed by atoms with Gasteiger partial charge in [0.25, 0.3) is 0 Å². The number of nitrogens with zero attached hydrogens (tertiary/aromatic N) is 3. The number of aliphatic hydroxyl groups is 1. The number of pyridine rings is 1. The van der Waals surface area contributed by atoms with Gasteiger partial charge in [-0.15, -0.1) is 0 Å². The van der Waals surface area contributed by atoms with Gasteiger partial charge in [0.15, 0.2) is 0 Å². The molecule has 0 radical (unpaired) electrons. The topological polar surface area (TPSA) is 50.9 Å². The van der Waals surface area contributed by atoms with Crippen molar-refractivity contribution in [1.82, 2.24) is 14.8 Å². The number of aryl methyl sites for hydroxylation is 3. The molecule has 2 aromatic rings.